The molecule has 1 aliphatic heterocycles. The topological polar surface area (TPSA) is 64.5 Å². The minimum atomic E-state index is 0.673. The van der Waals surface area contributed by atoms with Gasteiger partial charge in [0.25, 0.3) is 0 Å². The Labute approximate surface area is 138 Å². The van der Waals surface area contributed by atoms with E-state index in [0.29, 0.717) is 5.56 Å². The molecule has 1 aliphatic rings. The maximum absolute atomic E-state index is 9.10. The Kier molecular flexibility index (Phi) is 3.70. The zero-order chi connectivity index (χ0) is 15.6. The number of benzene rings is 1. The fourth-order valence-corrected chi connectivity index (χ4v) is 3.79. The van der Waals surface area contributed by atoms with E-state index in [1.165, 1.54) is 5.57 Å². The van der Waals surface area contributed by atoms with Crippen LogP contribution in [0, 0.1) is 11.3 Å². The molecule has 0 fully saturated rings. The van der Waals surface area contributed by atoms with E-state index in [9.17, 15) is 0 Å². The van der Waals surface area contributed by atoms with Gasteiger partial charge in [0, 0.05) is 41.0 Å². The first-order chi connectivity index (χ1) is 11.3. The van der Waals surface area contributed by atoms with Gasteiger partial charge in [0.15, 0.2) is 0 Å². The summed E-state index contributed by atoms with van der Waals surface area (Å²) in [7, 11) is 0. The van der Waals surface area contributed by atoms with Crippen LogP contribution < -0.4 is 5.32 Å². The standard InChI is InChI=1S/C18H16N4S/c19-8-12-3-4-16-14(6-12)15(10-21-16)17-11-23-18(22-17)7-13-2-1-5-20-9-13/h2-4,6,10-11,20-21H,1,5,7,9H2. The number of nitrogens with zero attached hydrogens (tertiary/aromatic N) is 2. The first-order valence-corrected chi connectivity index (χ1v) is 8.56. The van der Waals surface area contributed by atoms with Crippen LogP contribution in [0.1, 0.15) is 17.0 Å². The highest BCUT2D eigenvalue weighted by Crippen LogP contribution is 2.30. The Morgan fingerprint density at radius 3 is 3.13 bits per heavy atom. The molecule has 2 N–H and O–H groups in total. The van der Waals surface area contributed by atoms with Gasteiger partial charge in [0.2, 0.25) is 0 Å². The number of nitrogens with one attached hydrogen (secondary N) is 2. The number of aromatic nitrogens is 2. The van der Waals surface area contributed by atoms with Gasteiger partial charge >= 0.3 is 0 Å². The molecule has 4 rings (SSSR count). The summed E-state index contributed by atoms with van der Waals surface area (Å²) in [5.41, 5.74) is 5.17. The Morgan fingerprint density at radius 2 is 2.30 bits per heavy atom. The summed E-state index contributed by atoms with van der Waals surface area (Å²) in [4.78, 5) is 8.06. The molecular formula is C18H16N4S. The van der Waals surface area contributed by atoms with Crippen molar-refractivity contribution in [2.24, 2.45) is 0 Å². The normalized spacial score (nSPS) is 14.7. The van der Waals surface area contributed by atoms with Crippen molar-refractivity contribution in [1.29, 1.82) is 5.26 Å². The first-order valence-electron chi connectivity index (χ1n) is 7.68. The molecule has 0 saturated carbocycles. The van der Waals surface area contributed by atoms with Crippen molar-refractivity contribution in [3.05, 3.63) is 52.0 Å². The predicted octanol–water partition coefficient (Wildman–Crippen LogP) is 3.63. The van der Waals surface area contributed by atoms with Crippen molar-refractivity contribution in [2.45, 2.75) is 12.8 Å². The number of H-pyrrole nitrogens is 1. The molecule has 2 aromatic heterocycles. The predicted molar refractivity (Wildman–Crippen MR) is 93.4 cm³/mol. The minimum absolute atomic E-state index is 0.673. The third-order valence-corrected chi connectivity index (χ3v) is 4.97. The van der Waals surface area contributed by atoms with Gasteiger partial charge in [-0.1, -0.05) is 11.6 Å². The molecule has 0 amide bonds. The van der Waals surface area contributed by atoms with Crippen LogP contribution in [0.2, 0.25) is 0 Å². The number of hydrogen-bond acceptors (Lipinski definition) is 4. The molecular weight excluding hydrogens is 304 g/mol. The van der Waals surface area contributed by atoms with Crippen LogP contribution in [-0.2, 0) is 6.42 Å². The summed E-state index contributed by atoms with van der Waals surface area (Å²) in [6.07, 6.45) is 6.32. The third kappa shape index (κ3) is 2.79. The molecule has 0 radical (unpaired) electrons. The Morgan fingerprint density at radius 1 is 1.35 bits per heavy atom. The zero-order valence-electron chi connectivity index (χ0n) is 12.6. The second kappa shape index (κ2) is 5.99. The van der Waals surface area contributed by atoms with E-state index in [-0.39, 0.29) is 0 Å². The monoisotopic (exact) mass is 320 g/mol. The lowest BCUT2D eigenvalue weighted by molar-refractivity contribution is 0.690. The maximum Gasteiger partial charge on any atom is 0.0991 e. The highest BCUT2D eigenvalue weighted by molar-refractivity contribution is 7.10. The van der Waals surface area contributed by atoms with Crippen molar-refractivity contribution in [3.8, 4) is 17.3 Å². The number of hydrogen-bond donors (Lipinski definition) is 2. The zero-order valence-corrected chi connectivity index (χ0v) is 13.4. The molecule has 114 valence electrons. The van der Waals surface area contributed by atoms with Crippen LogP contribution in [0.5, 0.6) is 0 Å². The molecule has 1 aromatic carbocycles. The quantitative estimate of drug-likeness (QED) is 0.724. The van der Waals surface area contributed by atoms with Gasteiger partial charge in [-0.25, -0.2) is 4.98 Å². The average Bonchev–Trinajstić information content (AvgIpc) is 3.21. The number of fused-ring (bicyclic) bond motifs is 1. The van der Waals surface area contributed by atoms with E-state index in [1.54, 1.807) is 11.3 Å². The van der Waals surface area contributed by atoms with Gasteiger partial charge in [0.05, 0.1) is 22.3 Å². The Bertz CT molecular complexity index is 926. The number of thiazole rings is 1. The fourth-order valence-electron chi connectivity index (χ4n) is 2.95. The summed E-state index contributed by atoms with van der Waals surface area (Å²) in [6, 6.07) is 7.90. The van der Waals surface area contributed by atoms with E-state index < -0.39 is 0 Å². The molecule has 4 nitrogen and oxygen atoms in total. The van der Waals surface area contributed by atoms with Crippen molar-refractivity contribution in [2.75, 3.05) is 13.1 Å². The maximum atomic E-state index is 9.10. The van der Waals surface area contributed by atoms with Crippen LogP contribution in [-0.4, -0.2) is 23.1 Å². The molecule has 0 unspecified atom stereocenters. The van der Waals surface area contributed by atoms with Crippen LogP contribution in [0.15, 0.2) is 41.4 Å². The van der Waals surface area contributed by atoms with E-state index >= 15 is 0 Å². The molecule has 0 spiro atoms. The lowest BCUT2D eigenvalue weighted by Crippen LogP contribution is -2.22. The highest BCUT2D eigenvalue weighted by Gasteiger charge is 2.12. The number of nitriles is 1. The summed E-state index contributed by atoms with van der Waals surface area (Å²) >= 11 is 1.70. The smallest absolute Gasteiger partial charge is 0.0991 e. The van der Waals surface area contributed by atoms with Crippen molar-refractivity contribution in [3.63, 3.8) is 0 Å². The van der Waals surface area contributed by atoms with E-state index in [1.807, 2.05) is 24.4 Å². The van der Waals surface area contributed by atoms with Gasteiger partial charge in [-0.3, -0.25) is 0 Å². The average molecular weight is 320 g/mol. The van der Waals surface area contributed by atoms with Gasteiger partial charge in [-0.2, -0.15) is 5.26 Å². The summed E-state index contributed by atoms with van der Waals surface area (Å²) < 4.78 is 0. The Balaban J connectivity index is 1.66. The molecule has 0 atom stereocenters. The van der Waals surface area contributed by atoms with Crippen molar-refractivity contribution >= 4 is 22.2 Å². The Hall–Kier alpha value is -2.42. The molecule has 23 heavy (non-hydrogen) atoms. The first kappa shape index (κ1) is 14.2. The van der Waals surface area contributed by atoms with Crippen molar-refractivity contribution < 1.29 is 0 Å². The van der Waals surface area contributed by atoms with Gasteiger partial charge < -0.3 is 10.3 Å². The van der Waals surface area contributed by atoms with Crippen LogP contribution >= 0.6 is 11.3 Å². The van der Waals surface area contributed by atoms with E-state index in [0.717, 1.165) is 53.1 Å². The molecule has 0 aliphatic carbocycles. The highest BCUT2D eigenvalue weighted by atomic mass is 32.1. The minimum Gasteiger partial charge on any atom is -0.360 e. The van der Waals surface area contributed by atoms with Gasteiger partial charge in [-0.15, -0.1) is 11.3 Å². The second-order valence-corrected chi connectivity index (χ2v) is 6.65. The van der Waals surface area contributed by atoms with Crippen molar-refractivity contribution in [1.82, 2.24) is 15.3 Å². The SMILES string of the molecule is N#Cc1ccc2[nH]cc(-c3csc(CC4=CCCNC4)n3)c2c1. The van der Waals surface area contributed by atoms with Crippen LogP contribution in [0.25, 0.3) is 22.2 Å². The molecule has 0 saturated heterocycles. The molecule has 5 heteroatoms. The van der Waals surface area contributed by atoms with E-state index in [4.69, 9.17) is 10.2 Å². The molecule has 3 heterocycles. The van der Waals surface area contributed by atoms with Gasteiger partial charge in [-0.05, 0) is 31.2 Å². The lowest BCUT2D eigenvalue weighted by Gasteiger charge is -2.12. The molecule has 3 aromatic rings. The van der Waals surface area contributed by atoms with Gasteiger partial charge in [0.1, 0.15) is 0 Å². The summed E-state index contributed by atoms with van der Waals surface area (Å²) in [6.45, 7) is 2.04. The third-order valence-electron chi connectivity index (χ3n) is 4.12. The summed E-state index contributed by atoms with van der Waals surface area (Å²) in [5.74, 6) is 0. The number of rotatable bonds is 3. The molecule has 0 bridgehead atoms. The van der Waals surface area contributed by atoms with Crippen LogP contribution in [0.3, 0.4) is 0 Å². The fraction of sp³-hybridized carbons (Fsp3) is 0.222. The lowest BCUT2D eigenvalue weighted by atomic mass is 10.1. The second-order valence-electron chi connectivity index (χ2n) is 5.71. The van der Waals surface area contributed by atoms with Crippen LogP contribution in [0.4, 0.5) is 0 Å². The largest absolute Gasteiger partial charge is 0.360 e. The number of aromatic amines is 1. The van der Waals surface area contributed by atoms with E-state index in [2.05, 4.69) is 27.8 Å². The summed E-state index contributed by atoms with van der Waals surface area (Å²) in [5, 5.41) is 16.8.